The SMILES string of the molecule is C.Cc1cc([N+](=O)[O-])c([N+](=O)[O-])c2c1C1CCC2C1. The van der Waals surface area contributed by atoms with Crippen LogP contribution < -0.4 is 0 Å². The highest BCUT2D eigenvalue weighted by Gasteiger charge is 2.46. The largest absolute Gasteiger partial charge is 0.349 e. The van der Waals surface area contributed by atoms with Gasteiger partial charge in [0.2, 0.25) is 0 Å². The number of nitro groups is 2. The molecule has 0 heterocycles. The summed E-state index contributed by atoms with van der Waals surface area (Å²) in [7, 11) is 0. The summed E-state index contributed by atoms with van der Waals surface area (Å²) in [5, 5.41) is 22.2. The Morgan fingerprint density at radius 1 is 1.11 bits per heavy atom. The van der Waals surface area contributed by atoms with Crippen LogP contribution in [-0.2, 0) is 0 Å². The lowest BCUT2D eigenvalue weighted by molar-refractivity contribution is -0.423. The first-order valence-electron chi connectivity index (χ1n) is 5.97. The number of hydrogen-bond acceptors (Lipinski definition) is 4. The Morgan fingerprint density at radius 2 is 1.68 bits per heavy atom. The van der Waals surface area contributed by atoms with Gasteiger partial charge in [-0.2, -0.15) is 0 Å². The summed E-state index contributed by atoms with van der Waals surface area (Å²) in [6.45, 7) is 1.82. The molecule has 1 saturated carbocycles. The van der Waals surface area contributed by atoms with E-state index < -0.39 is 9.85 Å². The summed E-state index contributed by atoms with van der Waals surface area (Å²) in [4.78, 5) is 20.9. The summed E-state index contributed by atoms with van der Waals surface area (Å²) in [5.74, 6) is 0.508. The van der Waals surface area contributed by atoms with Crippen molar-refractivity contribution in [2.45, 2.75) is 45.4 Å². The summed E-state index contributed by atoms with van der Waals surface area (Å²) >= 11 is 0. The smallest absolute Gasteiger partial charge is 0.258 e. The highest BCUT2D eigenvalue weighted by atomic mass is 16.6. The number of fused-ring (bicyclic) bond motifs is 5. The molecule has 19 heavy (non-hydrogen) atoms. The first-order chi connectivity index (χ1) is 8.50. The summed E-state index contributed by atoms with van der Waals surface area (Å²) in [5.41, 5.74) is 1.85. The van der Waals surface area contributed by atoms with E-state index in [1.165, 1.54) is 6.07 Å². The van der Waals surface area contributed by atoms with Crippen LogP contribution in [0, 0.1) is 27.2 Å². The molecular weight excluding hydrogens is 248 g/mol. The molecule has 0 saturated heterocycles. The Bertz CT molecular complexity index is 582. The Kier molecular flexibility index (Phi) is 3.04. The van der Waals surface area contributed by atoms with Crippen molar-refractivity contribution in [2.24, 2.45) is 0 Å². The lowest BCUT2D eigenvalue weighted by Gasteiger charge is -2.17. The zero-order valence-electron chi connectivity index (χ0n) is 9.88. The average Bonchev–Trinajstić information content (AvgIpc) is 2.88. The molecule has 6 nitrogen and oxygen atoms in total. The summed E-state index contributed by atoms with van der Waals surface area (Å²) in [6, 6.07) is 1.36. The van der Waals surface area contributed by atoms with Gasteiger partial charge in [-0.1, -0.05) is 7.43 Å². The van der Waals surface area contributed by atoms with Crippen LogP contribution in [0.5, 0.6) is 0 Å². The highest BCUT2D eigenvalue weighted by Crippen LogP contribution is 2.58. The maximum Gasteiger partial charge on any atom is 0.349 e. The number of aryl methyl sites for hydroxylation is 1. The number of benzene rings is 1. The van der Waals surface area contributed by atoms with Gasteiger partial charge in [0.15, 0.2) is 0 Å². The Labute approximate surface area is 110 Å². The van der Waals surface area contributed by atoms with E-state index in [9.17, 15) is 20.2 Å². The van der Waals surface area contributed by atoms with E-state index in [-0.39, 0.29) is 24.7 Å². The molecule has 0 amide bonds. The minimum absolute atomic E-state index is 0. The first kappa shape index (κ1) is 13.5. The number of rotatable bonds is 2. The van der Waals surface area contributed by atoms with Gasteiger partial charge in [0.25, 0.3) is 0 Å². The molecule has 2 aliphatic rings. The van der Waals surface area contributed by atoms with Gasteiger partial charge in [-0.25, -0.2) is 0 Å². The van der Waals surface area contributed by atoms with Gasteiger partial charge >= 0.3 is 11.4 Å². The van der Waals surface area contributed by atoms with Crippen LogP contribution in [0.2, 0.25) is 0 Å². The van der Waals surface area contributed by atoms with Crippen molar-refractivity contribution in [3.8, 4) is 0 Å². The Hall–Kier alpha value is -1.98. The van der Waals surface area contributed by atoms with Gasteiger partial charge in [-0.15, -0.1) is 0 Å². The fourth-order valence-electron chi connectivity index (χ4n) is 3.62. The summed E-state index contributed by atoms with van der Waals surface area (Å²) in [6.07, 6.45) is 2.88. The molecule has 0 aromatic heterocycles. The van der Waals surface area contributed by atoms with Crippen LogP contribution in [0.15, 0.2) is 6.07 Å². The molecule has 1 fully saturated rings. The van der Waals surface area contributed by atoms with E-state index in [0.717, 1.165) is 30.4 Å². The molecule has 6 heteroatoms. The van der Waals surface area contributed by atoms with Gasteiger partial charge in [-0.3, -0.25) is 20.2 Å². The second kappa shape index (κ2) is 4.29. The maximum absolute atomic E-state index is 11.2. The third-order valence-electron chi connectivity index (χ3n) is 4.19. The molecule has 2 unspecified atom stereocenters. The molecule has 3 rings (SSSR count). The molecule has 1 aromatic carbocycles. The van der Waals surface area contributed by atoms with E-state index in [4.69, 9.17) is 0 Å². The van der Waals surface area contributed by atoms with Crippen LogP contribution in [0.4, 0.5) is 11.4 Å². The summed E-state index contributed by atoms with van der Waals surface area (Å²) < 4.78 is 0. The third kappa shape index (κ3) is 1.70. The molecule has 2 bridgehead atoms. The van der Waals surface area contributed by atoms with Crippen molar-refractivity contribution >= 4 is 11.4 Å². The molecule has 2 atom stereocenters. The van der Waals surface area contributed by atoms with Crippen LogP contribution in [-0.4, -0.2) is 9.85 Å². The standard InChI is InChI=1S/C12H12N2O4.CH4/c1-6-4-9(13(15)16)12(14(17)18)11-8-3-2-7(5-8)10(6)11;/h4,7-8H,2-3,5H2,1H3;1H4. The van der Waals surface area contributed by atoms with Gasteiger partial charge in [0, 0.05) is 11.6 Å². The second-order valence-electron chi connectivity index (χ2n) is 5.11. The van der Waals surface area contributed by atoms with E-state index >= 15 is 0 Å². The van der Waals surface area contributed by atoms with Crippen LogP contribution in [0.25, 0.3) is 0 Å². The maximum atomic E-state index is 11.2. The van der Waals surface area contributed by atoms with Crippen molar-refractivity contribution < 1.29 is 9.85 Å². The molecule has 0 N–H and O–H groups in total. The van der Waals surface area contributed by atoms with E-state index in [1.54, 1.807) is 0 Å². The predicted octanol–water partition coefficient (Wildman–Crippen LogP) is 3.81. The van der Waals surface area contributed by atoms with Gasteiger partial charge in [-0.05, 0) is 49.1 Å². The van der Waals surface area contributed by atoms with Gasteiger partial charge in [0.05, 0.1) is 9.85 Å². The van der Waals surface area contributed by atoms with Crippen LogP contribution in [0.3, 0.4) is 0 Å². The normalized spacial score (nSPS) is 22.8. The zero-order valence-corrected chi connectivity index (χ0v) is 9.88. The van der Waals surface area contributed by atoms with Crippen molar-refractivity contribution in [2.75, 3.05) is 0 Å². The third-order valence-corrected chi connectivity index (χ3v) is 4.19. The topological polar surface area (TPSA) is 86.3 Å². The molecule has 0 spiro atoms. The highest BCUT2D eigenvalue weighted by molar-refractivity contribution is 5.67. The van der Waals surface area contributed by atoms with Crippen LogP contribution >= 0.6 is 0 Å². The number of nitro benzene ring substituents is 2. The fraction of sp³-hybridized carbons (Fsp3) is 0.538. The quantitative estimate of drug-likeness (QED) is 0.600. The van der Waals surface area contributed by atoms with Gasteiger partial charge in [0.1, 0.15) is 0 Å². The van der Waals surface area contributed by atoms with Crippen molar-refractivity contribution in [3.63, 3.8) is 0 Å². The lowest BCUT2D eigenvalue weighted by atomic mass is 9.87. The van der Waals surface area contributed by atoms with Crippen molar-refractivity contribution in [1.29, 1.82) is 0 Å². The van der Waals surface area contributed by atoms with Crippen molar-refractivity contribution in [3.05, 3.63) is 43.0 Å². The monoisotopic (exact) mass is 264 g/mol. The molecule has 0 aliphatic heterocycles. The predicted molar refractivity (Wildman–Crippen MR) is 70.6 cm³/mol. The Morgan fingerprint density at radius 3 is 2.21 bits per heavy atom. The second-order valence-corrected chi connectivity index (χ2v) is 5.11. The minimum Gasteiger partial charge on any atom is -0.258 e. The molecule has 0 radical (unpaired) electrons. The first-order valence-corrected chi connectivity index (χ1v) is 5.97. The fourth-order valence-corrected chi connectivity index (χ4v) is 3.62. The lowest BCUT2D eigenvalue weighted by Crippen LogP contribution is -2.08. The molecule has 1 aromatic rings. The van der Waals surface area contributed by atoms with Gasteiger partial charge < -0.3 is 0 Å². The van der Waals surface area contributed by atoms with Crippen molar-refractivity contribution in [1.82, 2.24) is 0 Å². The number of hydrogen-bond donors (Lipinski definition) is 0. The van der Waals surface area contributed by atoms with Crippen LogP contribution in [0.1, 0.15) is 55.2 Å². The zero-order chi connectivity index (χ0) is 13.0. The van der Waals surface area contributed by atoms with E-state index in [1.807, 2.05) is 6.92 Å². The molecular formula is C13H16N2O4. The number of nitrogens with zero attached hydrogens (tertiary/aromatic N) is 2. The molecule has 102 valence electrons. The molecule has 2 aliphatic carbocycles. The minimum atomic E-state index is -0.641. The average molecular weight is 264 g/mol. The van der Waals surface area contributed by atoms with E-state index in [2.05, 4.69) is 0 Å². The van der Waals surface area contributed by atoms with E-state index in [0.29, 0.717) is 11.5 Å². The Balaban J connectivity index is 0.00000133.